The summed E-state index contributed by atoms with van der Waals surface area (Å²) in [5, 5.41) is 8.78. The van der Waals surface area contributed by atoms with Crippen molar-refractivity contribution in [3.8, 4) is 0 Å². The van der Waals surface area contributed by atoms with E-state index < -0.39 is 15.8 Å². The number of aryl methyl sites for hydroxylation is 4. The maximum absolute atomic E-state index is 2.39. The predicted molar refractivity (Wildman–Crippen MR) is 180 cm³/mol. The minimum absolute atomic E-state index is 0. The van der Waals surface area contributed by atoms with Gasteiger partial charge in [-0.1, -0.05) is 105 Å². The molecule has 0 fully saturated rings. The Kier molecular flexibility index (Phi) is 11.1. The zero-order valence-corrected chi connectivity index (χ0v) is 27.2. The van der Waals surface area contributed by atoms with Crippen LogP contribution in [0.15, 0.2) is 146 Å². The summed E-state index contributed by atoms with van der Waals surface area (Å²) in [6, 6.07) is 52.9. The van der Waals surface area contributed by atoms with Gasteiger partial charge in [-0.15, -0.1) is 10.6 Å². The molecule has 0 bridgehead atoms. The summed E-state index contributed by atoms with van der Waals surface area (Å²) in [5.41, 5.74) is 5.46. The molecule has 0 unspecified atom stereocenters. The van der Waals surface area contributed by atoms with E-state index >= 15 is 0 Å². The first-order chi connectivity index (χ1) is 19.6. The zero-order valence-electron chi connectivity index (χ0n) is 24.2. The summed E-state index contributed by atoms with van der Waals surface area (Å²) in [5.74, 6) is 0. The van der Waals surface area contributed by atoms with Crippen LogP contribution in [-0.4, -0.2) is 0 Å². The monoisotopic (exact) mass is 606 g/mol. The van der Waals surface area contributed by atoms with Crippen molar-refractivity contribution in [1.82, 2.24) is 0 Å². The van der Waals surface area contributed by atoms with Gasteiger partial charge in [-0.2, -0.15) is 6.07 Å². The molecule has 0 amide bonds. The Bertz CT molecular complexity index is 1440. The van der Waals surface area contributed by atoms with Crippen LogP contribution in [0.5, 0.6) is 0 Å². The van der Waals surface area contributed by atoms with Crippen molar-refractivity contribution in [3.63, 3.8) is 0 Å². The van der Waals surface area contributed by atoms with Crippen LogP contribution in [-0.2, 0) is 17.4 Å². The first-order valence-corrected chi connectivity index (χ1v) is 16.5. The largest absolute Gasteiger partial charge is 0.748 e. The Hall–Kier alpha value is -3.03. The van der Waals surface area contributed by atoms with E-state index in [-0.39, 0.29) is 17.4 Å². The van der Waals surface area contributed by atoms with Crippen LogP contribution in [0.4, 0.5) is 0 Å². The molecule has 0 N–H and O–H groups in total. The van der Waals surface area contributed by atoms with Gasteiger partial charge >= 0.3 is 0 Å². The van der Waals surface area contributed by atoms with Gasteiger partial charge in [0.1, 0.15) is 0 Å². The van der Waals surface area contributed by atoms with Gasteiger partial charge in [0.25, 0.3) is 0 Å². The van der Waals surface area contributed by atoms with E-state index in [1.807, 2.05) is 30.3 Å². The third kappa shape index (κ3) is 7.07. The van der Waals surface area contributed by atoms with Gasteiger partial charge in [-0.3, -0.25) is 0 Å². The molecule has 0 nitrogen and oxygen atoms in total. The van der Waals surface area contributed by atoms with Gasteiger partial charge in [0.15, 0.2) is 0 Å². The Morgan fingerprint density at radius 3 is 1.15 bits per heavy atom. The standard InChI is InChI=1S/C33H31P2.C5H5.Cr/c1-24-14-5-9-18-28(24)34(29-19-10-6-15-25(29)2)32-22-13-23-33(32)35(30-20-11-7-16-26(30)3)31-21-12-8-17-27(31)4;1-2-4-5-3-1;/h5-23H,1-4H3;1-5H;/q-1;-5;. The molecule has 0 atom stereocenters. The van der Waals surface area contributed by atoms with Crippen molar-refractivity contribution in [2.45, 2.75) is 27.7 Å². The molecule has 6 aromatic carbocycles. The molecule has 210 valence electrons. The van der Waals surface area contributed by atoms with Crippen LogP contribution >= 0.6 is 15.8 Å². The normalized spacial score (nSPS) is 10.7. The van der Waals surface area contributed by atoms with E-state index in [1.165, 1.54) is 54.1 Å². The summed E-state index contributed by atoms with van der Waals surface area (Å²) >= 11 is 0. The third-order valence-corrected chi connectivity index (χ3v) is 13.1. The summed E-state index contributed by atoms with van der Waals surface area (Å²) < 4.78 is 0. The average Bonchev–Trinajstić information content (AvgIpc) is 3.70. The second kappa shape index (κ2) is 14.7. The molecule has 0 aromatic heterocycles. The summed E-state index contributed by atoms with van der Waals surface area (Å²) in [6.45, 7) is 9.04. The predicted octanol–water partition coefficient (Wildman–Crippen LogP) is 7.56. The number of hydrogen-bond acceptors (Lipinski definition) is 0. The maximum Gasteiger partial charge on any atom is 0 e. The van der Waals surface area contributed by atoms with Crippen LogP contribution in [0.2, 0.25) is 0 Å². The fourth-order valence-electron chi connectivity index (χ4n) is 5.14. The Morgan fingerprint density at radius 2 is 0.780 bits per heavy atom. The maximum atomic E-state index is 2.39. The molecule has 0 saturated heterocycles. The molecule has 0 aliphatic heterocycles. The van der Waals surface area contributed by atoms with Crippen molar-refractivity contribution >= 4 is 47.7 Å². The number of benzene rings is 4. The minimum atomic E-state index is -0.688. The van der Waals surface area contributed by atoms with Crippen molar-refractivity contribution in [2.75, 3.05) is 0 Å². The molecule has 0 aliphatic carbocycles. The average molecular weight is 607 g/mol. The summed E-state index contributed by atoms with van der Waals surface area (Å²) in [6.07, 6.45) is 0. The van der Waals surface area contributed by atoms with Crippen molar-refractivity contribution in [1.29, 1.82) is 0 Å². The fraction of sp³-hybridized carbons (Fsp3) is 0.105. The molecule has 0 radical (unpaired) electrons. The molecular weight excluding hydrogens is 570 g/mol. The molecule has 6 rings (SSSR count). The summed E-state index contributed by atoms with van der Waals surface area (Å²) in [4.78, 5) is 0. The van der Waals surface area contributed by atoms with Crippen molar-refractivity contribution in [2.24, 2.45) is 0 Å². The van der Waals surface area contributed by atoms with E-state index in [4.69, 9.17) is 0 Å². The molecule has 0 aliphatic rings. The van der Waals surface area contributed by atoms with E-state index in [0.717, 1.165) is 0 Å². The van der Waals surface area contributed by atoms with E-state index in [1.54, 1.807) is 0 Å². The molecular formula is C38H36CrP2-6. The second-order valence-corrected chi connectivity index (χ2v) is 14.3. The first-order valence-electron chi connectivity index (χ1n) is 13.8. The zero-order chi connectivity index (χ0) is 27.9. The van der Waals surface area contributed by atoms with Gasteiger partial charge in [0.2, 0.25) is 0 Å². The van der Waals surface area contributed by atoms with Gasteiger partial charge in [-0.05, 0) is 79.1 Å². The van der Waals surface area contributed by atoms with Gasteiger partial charge in [0, 0.05) is 17.4 Å². The second-order valence-electron chi connectivity index (χ2n) is 10.1. The molecule has 0 spiro atoms. The van der Waals surface area contributed by atoms with Gasteiger partial charge < -0.3 is 30.3 Å². The summed E-state index contributed by atoms with van der Waals surface area (Å²) in [7, 11) is -1.38. The smallest absolute Gasteiger partial charge is 0 e. The van der Waals surface area contributed by atoms with E-state index in [9.17, 15) is 0 Å². The Balaban J connectivity index is 0.000000584. The Labute approximate surface area is 259 Å². The number of hydrogen-bond donors (Lipinski definition) is 0. The van der Waals surface area contributed by atoms with Gasteiger partial charge in [-0.25, -0.2) is 12.1 Å². The molecule has 0 saturated carbocycles. The van der Waals surface area contributed by atoms with Crippen molar-refractivity contribution in [3.05, 3.63) is 168 Å². The number of rotatable bonds is 6. The SMILES string of the molecule is Cc1ccccc1P(c1ccccc1C)c1ccc[c-]1P(c1ccccc1C)c1ccccc1C.[Cr].[cH-]1[cH-][cH-][cH-][cH-]1. The van der Waals surface area contributed by atoms with E-state index in [2.05, 4.69) is 143 Å². The Morgan fingerprint density at radius 1 is 0.439 bits per heavy atom. The van der Waals surface area contributed by atoms with E-state index in [0.29, 0.717) is 0 Å². The molecule has 6 aromatic rings. The van der Waals surface area contributed by atoms with Crippen LogP contribution in [0, 0.1) is 27.7 Å². The van der Waals surface area contributed by atoms with Crippen LogP contribution in [0.3, 0.4) is 0 Å². The fourth-order valence-corrected chi connectivity index (χ4v) is 11.0. The molecule has 0 heterocycles. The van der Waals surface area contributed by atoms with Crippen LogP contribution in [0.25, 0.3) is 0 Å². The van der Waals surface area contributed by atoms with Crippen molar-refractivity contribution < 1.29 is 17.4 Å². The first kappa shape index (κ1) is 30.9. The van der Waals surface area contributed by atoms with Crippen LogP contribution < -0.4 is 31.8 Å². The topological polar surface area (TPSA) is 0 Å². The van der Waals surface area contributed by atoms with Gasteiger partial charge in [0.05, 0.1) is 0 Å². The quantitative estimate of drug-likeness (QED) is 0.136. The minimum Gasteiger partial charge on any atom is -0.748 e. The third-order valence-electron chi connectivity index (χ3n) is 7.23. The van der Waals surface area contributed by atoms with Crippen LogP contribution in [0.1, 0.15) is 22.3 Å². The molecule has 3 heteroatoms. The molecule has 41 heavy (non-hydrogen) atoms.